The lowest BCUT2D eigenvalue weighted by atomic mass is 9.93. The van der Waals surface area contributed by atoms with E-state index >= 15 is 0 Å². The molecule has 1 aliphatic rings. The number of aromatic amines is 1. The van der Waals surface area contributed by atoms with Crippen LogP contribution >= 0.6 is 0 Å². The van der Waals surface area contributed by atoms with Crippen molar-refractivity contribution in [3.05, 3.63) is 17.5 Å². The molecule has 0 saturated carbocycles. The Balaban J connectivity index is 2.00. The molecule has 1 aromatic heterocycles. The number of aryl methyl sites for hydroxylation is 1. The van der Waals surface area contributed by atoms with Gasteiger partial charge in [0.15, 0.2) is 0 Å². The van der Waals surface area contributed by atoms with Gasteiger partial charge in [0.25, 0.3) is 5.91 Å². The lowest BCUT2D eigenvalue weighted by Crippen LogP contribution is -2.50. The molecule has 1 aromatic rings. The molecule has 2 atom stereocenters. The summed E-state index contributed by atoms with van der Waals surface area (Å²) < 4.78 is 0. The zero-order valence-electron chi connectivity index (χ0n) is 11.4. The minimum Gasteiger partial charge on any atom is -0.338 e. The number of nitrogens with one attached hydrogen (secondary N) is 2. The highest BCUT2D eigenvalue weighted by atomic mass is 16.2. The molecule has 2 unspecified atom stereocenters. The molecule has 0 aliphatic carbocycles. The maximum absolute atomic E-state index is 12.3. The molecule has 0 spiro atoms. The SMILES string of the molecule is CCNC1CCN(C(=O)c2cn[nH]c2C)CC1C. The summed E-state index contributed by atoms with van der Waals surface area (Å²) in [5, 5.41) is 10.2. The minimum atomic E-state index is 0.100. The van der Waals surface area contributed by atoms with Gasteiger partial charge in [-0.2, -0.15) is 5.10 Å². The van der Waals surface area contributed by atoms with Gasteiger partial charge in [-0.15, -0.1) is 0 Å². The number of rotatable bonds is 3. The molecule has 5 heteroatoms. The lowest BCUT2D eigenvalue weighted by molar-refractivity contribution is 0.0645. The molecule has 5 nitrogen and oxygen atoms in total. The van der Waals surface area contributed by atoms with Crippen LogP contribution in [0.4, 0.5) is 0 Å². The summed E-state index contributed by atoms with van der Waals surface area (Å²) in [6, 6.07) is 0.532. The van der Waals surface area contributed by atoms with Crippen LogP contribution in [0.25, 0.3) is 0 Å². The fraction of sp³-hybridized carbons (Fsp3) is 0.692. The smallest absolute Gasteiger partial charge is 0.257 e. The van der Waals surface area contributed by atoms with E-state index in [9.17, 15) is 4.79 Å². The van der Waals surface area contributed by atoms with Crippen molar-refractivity contribution in [2.24, 2.45) is 5.92 Å². The molecule has 1 saturated heterocycles. The van der Waals surface area contributed by atoms with Gasteiger partial charge in [0, 0.05) is 24.8 Å². The van der Waals surface area contributed by atoms with Crippen molar-refractivity contribution in [3.63, 3.8) is 0 Å². The Hall–Kier alpha value is -1.36. The third kappa shape index (κ3) is 2.56. The number of hydrogen-bond donors (Lipinski definition) is 2. The Morgan fingerprint density at radius 3 is 3.00 bits per heavy atom. The van der Waals surface area contributed by atoms with Crippen molar-refractivity contribution in [1.82, 2.24) is 20.4 Å². The quantitative estimate of drug-likeness (QED) is 0.847. The largest absolute Gasteiger partial charge is 0.338 e. The first kappa shape index (κ1) is 13.1. The second-order valence-corrected chi connectivity index (χ2v) is 5.09. The molecule has 1 aliphatic heterocycles. The fourth-order valence-corrected chi connectivity index (χ4v) is 2.63. The number of nitrogens with zero attached hydrogens (tertiary/aromatic N) is 2. The molecule has 1 fully saturated rings. The number of amides is 1. The Bertz CT molecular complexity index is 415. The van der Waals surface area contributed by atoms with Gasteiger partial charge in [0.2, 0.25) is 0 Å². The Labute approximate surface area is 108 Å². The summed E-state index contributed by atoms with van der Waals surface area (Å²) in [6.45, 7) is 8.85. The standard InChI is InChI=1S/C13H22N4O/c1-4-14-12-5-6-17(8-9(12)2)13(18)11-7-15-16-10(11)3/h7,9,12,14H,4-6,8H2,1-3H3,(H,15,16). The number of carbonyl (C=O) groups is 1. The first-order valence-corrected chi connectivity index (χ1v) is 6.66. The van der Waals surface area contributed by atoms with E-state index in [0.717, 1.165) is 31.7 Å². The molecule has 2 N–H and O–H groups in total. The number of piperidine rings is 1. The van der Waals surface area contributed by atoms with E-state index in [0.29, 0.717) is 17.5 Å². The summed E-state index contributed by atoms with van der Waals surface area (Å²) in [6.07, 6.45) is 2.65. The summed E-state index contributed by atoms with van der Waals surface area (Å²) in [5.74, 6) is 0.595. The number of carbonyl (C=O) groups excluding carboxylic acids is 1. The van der Waals surface area contributed by atoms with Crippen molar-refractivity contribution < 1.29 is 4.79 Å². The monoisotopic (exact) mass is 250 g/mol. The van der Waals surface area contributed by atoms with Crippen LogP contribution in [0, 0.1) is 12.8 Å². The molecule has 1 amide bonds. The van der Waals surface area contributed by atoms with Crippen LogP contribution in [-0.2, 0) is 0 Å². The van der Waals surface area contributed by atoms with Gasteiger partial charge in [-0.3, -0.25) is 9.89 Å². The summed E-state index contributed by atoms with van der Waals surface area (Å²) in [7, 11) is 0. The average Bonchev–Trinajstić information content (AvgIpc) is 2.77. The van der Waals surface area contributed by atoms with Crippen LogP contribution in [0.15, 0.2) is 6.20 Å². The van der Waals surface area contributed by atoms with Crippen LogP contribution in [-0.4, -0.2) is 46.7 Å². The van der Waals surface area contributed by atoms with Crippen molar-refractivity contribution in [2.75, 3.05) is 19.6 Å². The maximum atomic E-state index is 12.3. The highest BCUT2D eigenvalue weighted by Crippen LogP contribution is 2.19. The molecular weight excluding hydrogens is 228 g/mol. The second-order valence-electron chi connectivity index (χ2n) is 5.09. The first-order chi connectivity index (χ1) is 8.63. The predicted molar refractivity (Wildman–Crippen MR) is 70.5 cm³/mol. The van der Waals surface area contributed by atoms with Gasteiger partial charge in [0.05, 0.1) is 11.8 Å². The summed E-state index contributed by atoms with van der Waals surface area (Å²) in [5.41, 5.74) is 1.55. The maximum Gasteiger partial charge on any atom is 0.257 e. The highest BCUT2D eigenvalue weighted by molar-refractivity contribution is 5.95. The average molecular weight is 250 g/mol. The molecule has 2 rings (SSSR count). The van der Waals surface area contributed by atoms with Gasteiger partial charge < -0.3 is 10.2 Å². The Kier molecular flexibility index (Phi) is 4.01. The van der Waals surface area contributed by atoms with Crippen LogP contribution in [0.1, 0.15) is 36.3 Å². The van der Waals surface area contributed by atoms with Crippen molar-refractivity contribution in [2.45, 2.75) is 33.2 Å². The lowest BCUT2D eigenvalue weighted by Gasteiger charge is -2.37. The number of aromatic nitrogens is 2. The van der Waals surface area contributed by atoms with Crippen LogP contribution in [0.5, 0.6) is 0 Å². The van der Waals surface area contributed by atoms with Crippen LogP contribution in [0.2, 0.25) is 0 Å². The molecule has 100 valence electrons. The van der Waals surface area contributed by atoms with E-state index in [4.69, 9.17) is 0 Å². The van der Waals surface area contributed by atoms with Crippen molar-refractivity contribution >= 4 is 5.91 Å². The third-order valence-corrected chi connectivity index (χ3v) is 3.72. The van der Waals surface area contributed by atoms with Gasteiger partial charge in [-0.25, -0.2) is 0 Å². The predicted octanol–water partition coefficient (Wildman–Crippen LogP) is 1.18. The van der Waals surface area contributed by atoms with E-state index in [1.807, 2.05) is 11.8 Å². The summed E-state index contributed by atoms with van der Waals surface area (Å²) >= 11 is 0. The zero-order chi connectivity index (χ0) is 13.1. The first-order valence-electron chi connectivity index (χ1n) is 6.66. The number of H-pyrrole nitrogens is 1. The van der Waals surface area contributed by atoms with Crippen LogP contribution < -0.4 is 5.32 Å². The van der Waals surface area contributed by atoms with E-state index < -0.39 is 0 Å². The van der Waals surface area contributed by atoms with Crippen molar-refractivity contribution in [1.29, 1.82) is 0 Å². The van der Waals surface area contributed by atoms with Gasteiger partial charge in [-0.1, -0.05) is 13.8 Å². The van der Waals surface area contributed by atoms with Gasteiger partial charge >= 0.3 is 0 Å². The molecule has 0 aromatic carbocycles. The van der Waals surface area contributed by atoms with E-state index in [1.165, 1.54) is 0 Å². The second kappa shape index (κ2) is 5.52. The molecule has 0 bridgehead atoms. The van der Waals surface area contributed by atoms with E-state index in [2.05, 4.69) is 29.4 Å². The molecule has 2 heterocycles. The molecule has 18 heavy (non-hydrogen) atoms. The zero-order valence-corrected chi connectivity index (χ0v) is 11.4. The van der Waals surface area contributed by atoms with Crippen molar-refractivity contribution in [3.8, 4) is 0 Å². The van der Waals surface area contributed by atoms with Gasteiger partial charge in [-0.05, 0) is 25.8 Å². The molecule has 0 radical (unpaired) electrons. The Morgan fingerprint density at radius 1 is 1.67 bits per heavy atom. The van der Waals surface area contributed by atoms with E-state index in [1.54, 1.807) is 6.20 Å². The third-order valence-electron chi connectivity index (χ3n) is 3.72. The fourth-order valence-electron chi connectivity index (χ4n) is 2.63. The molecular formula is C13H22N4O. The summed E-state index contributed by atoms with van der Waals surface area (Å²) in [4.78, 5) is 14.3. The Morgan fingerprint density at radius 2 is 2.44 bits per heavy atom. The topological polar surface area (TPSA) is 61.0 Å². The van der Waals surface area contributed by atoms with Gasteiger partial charge in [0.1, 0.15) is 0 Å². The highest BCUT2D eigenvalue weighted by Gasteiger charge is 2.29. The van der Waals surface area contributed by atoms with Crippen LogP contribution in [0.3, 0.4) is 0 Å². The number of likely N-dealkylation sites (tertiary alicyclic amines) is 1. The normalized spacial score (nSPS) is 24.3. The van der Waals surface area contributed by atoms with E-state index in [-0.39, 0.29) is 5.91 Å². The number of hydrogen-bond acceptors (Lipinski definition) is 3. The minimum absolute atomic E-state index is 0.100.